The van der Waals surface area contributed by atoms with Gasteiger partial charge in [0.2, 0.25) is 11.5 Å². The molecule has 1 saturated carbocycles. The van der Waals surface area contributed by atoms with Gasteiger partial charge in [-0.15, -0.1) is 0 Å². The van der Waals surface area contributed by atoms with Crippen LogP contribution in [0.4, 0.5) is 14.5 Å². The van der Waals surface area contributed by atoms with Crippen LogP contribution >= 0.6 is 0 Å². The van der Waals surface area contributed by atoms with E-state index in [1.54, 1.807) is 0 Å². The van der Waals surface area contributed by atoms with Crippen LogP contribution in [-0.2, 0) is 46.0 Å². The number of piperidine rings is 1. The maximum absolute atomic E-state index is 15.5. The number of hydrogen-bond acceptors (Lipinski definition) is 11. The summed E-state index contributed by atoms with van der Waals surface area (Å²) in [4.78, 5) is 53.0. The molecule has 14 heteroatoms. The van der Waals surface area contributed by atoms with E-state index in [-0.39, 0.29) is 31.3 Å². The Kier molecular flexibility index (Phi) is 11.0. The Hall–Kier alpha value is -4.97. The lowest BCUT2D eigenvalue weighted by atomic mass is 9.47. The molecule has 1 spiro atoms. The maximum atomic E-state index is 15.5. The van der Waals surface area contributed by atoms with Gasteiger partial charge in [-0.3, -0.25) is 19.4 Å². The number of esters is 3. The van der Waals surface area contributed by atoms with Gasteiger partial charge in [0.05, 0.1) is 27.4 Å². The molecule has 2 N–H and O–H groups in total. The van der Waals surface area contributed by atoms with Crippen LogP contribution in [0, 0.1) is 35.0 Å². The van der Waals surface area contributed by atoms with Crippen LogP contribution < -0.4 is 9.64 Å². The number of alkyl halides is 2. The summed E-state index contributed by atoms with van der Waals surface area (Å²) in [5.41, 5.74) is -1.09. The summed E-state index contributed by atoms with van der Waals surface area (Å²) in [5.74, 6) is 0.955. The molecule has 1 aromatic heterocycles. The van der Waals surface area contributed by atoms with Gasteiger partial charge in [0.25, 0.3) is 0 Å². The first kappa shape index (κ1) is 45.2. The normalized spacial score (nSPS) is 33.5. The van der Waals surface area contributed by atoms with E-state index >= 15 is 13.6 Å². The Bertz CT molecular complexity index is 2540. The van der Waals surface area contributed by atoms with Gasteiger partial charge in [0, 0.05) is 109 Å². The van der Waals surface area contributed by atoms with Gasteiger partial charge in [-0.25, -0.2) is 13.6 Å². The molecule has 9 rings (SSSR count). The molecule has 12 nitrogen and oxygen atoms in total. The molecule has 6 heterocycles. The molecule has 348 valence electrons. The number of H-pyrrole nitrogens is 1. The van der Waals surface area contributed by atoms with Crippen molar-refractivity contribution in [3.63, 3.8) is 0 Å². The summed E-state index contributed by atoms with van der Waals surface area (Å²) in [6.45, 7) is 10.7. The van der Waals surface area contributed by atoms with Gasteiger partial charge in [-0.05, 0) is 86.4 Å². The molecule has 5 aliphatic heterocycles. The van der Waals surface area contributed by atoms with Crippen LogP contribution in [0.5, 0.6) is 5.75 Å². The van der Waals surface area contributed by atoms with Crippen molar-refractivity contribution >= 4 is 34.5 Å². The Morgan fingerprint density at radius 3 is 2.46 bits per heavy atom. The van der Waals surface area contributed by atoms with Crippen molar-refractivity contribution < 1.29 is 47.2 Å². The number of aromatic nitrogens is 1. The number of methoxy groups -OCH3 is 3. The first-order chi connectivity index (χ1) is 30.8. The van der Waals surface area contributed by atoms with Gasteiger partial charge in [0.15, 0.2) is 6.10 Å². The molecule has 0 radical (unpaired) electrons. The number of aromatic amines is 1. The molecular weight excluding hydrogens is 835 g/mol. The van der Waals surface area contributed by atoms with Crippen LogP contribution in [0.2, 0.25) is 0 Å². The summed E-state index contributed by atoms with van der Waals surface area (Å²) in [7, 11) is 5.94. The lowest BCUT2D eigenvalue weighted by molar-refractivity contribution is -0.228. The quantitative estimate of drug-likeness (QED) is 0.112. The van der Waals surface area contributed by atoms with Crippen molar-refractivity contribution in [2.75, 3.05) is 59.5 Å². The number of likely N-dealkylation sites (N-methyl/N-ethyl adjacent to an activating group) is 1. The Morgan fingerprint density at radius 2 is 1.80 bits per heavy atom. The Balaban J connectivity index is 1.35. The monoisotopic (exact) mass is 896 g/mol. The highest BCUT2D eigenvalue weighted by Crippen LogP contribution is 2.68. The predicted molar refractivity (Wildman–Crippen MR) is 241 cm³/mol. The second-order valence-corrected chi connectivity index (χ2v) is 20.1. The third-order valence-electron chi connectivity index (χ3n) is 16.1. The van der Waals surface area contributed by atoms with E-state index in [9.17, 15) is 14.7 Å². The molecule has 0 amide bonds. The first-order valence-corrected chi connectivity index (χ1v) is 23.0. The number of anilines is 1. The summed E-state index contributed by atoms with van der Waals surface area (Å²) in [6, 6.07) is 8.46. The zero-order valence-corrected chi connectivity index (χ0v) is 39.0. The van der Waals surface area contributed by atoms with E-state index in [0.29, 0.717) is 67.6 Å². The summed E-state index contributed by atoms with van der Waals surface area (Å²) in [6.07, 6.45) is 4.68. The molecule has 65 heavy (non-hydrogen) atoms. The van der Waals surface area contributed by atoms with Crippen LogP contribution in [0.15, 0.2) is 42.5 Å². The van der Waals surface area contributed by atoms with Crippen molar-refractivity contribution in [3.8, 4) is 17.6 Å². The maximum Gasteiger partial charge on any atom is 0.344 e. The number of rotatable bonds is 8. The van der Waals surface area contributed by atoms with Crippen LogP contribution in [-0.4, -0.2) is 122 Å². The number of aliphatic hydroxyl groups is 1. The smallest absolute Gasteiger partial charge is 0.344 e. The SMILES string of the molecule is CC[C@]12C=CCN3CC[C@@]4(c5cc([C@@]6(C(=O)OC)CC7CC(C(C)(F)F)CN(Cc8c6[nH]c6ccc(C#CCC(C)C)cc86)C7)c(OC)cc5N(C)C4[C@@](O)(C(=O)OC)[C@@H]1OC(C)=O)C32. The molecule has 1 aliphatic carbocycles. The second-order valence-electron chi connectivity index (χ2n) is 20.1. The van der Waals surface area contributed by atoms with Crippen LogP contribution in [0.3, 0.4) is 0 Å². The number of nitrogens with zero attached hydrogens (tertiary/aromatic N) is 3. The van der Waals surface area contributed by atoms with E-state index in [4.69, 9.17) is 18.9 Å². The molecule has 5 unspecified atom stereocenters. The predicted octanol–water partition coefficient (Wildman–Crippen LogP) is 6.48. The zero-order chi connectivity index (χ0) is 46.6. The molecule has 2 bridgehead atoms. The highest BCUT2D eigenvalue weighted by molar-refractivity contribution is 5.95. The molecule has 2 saturated heterocycles. The molecule has 3 fully saturated rings. The Labute approximate surface area is 380 Å². The standard InChI is InChI=1S/C51H62F2N4O8/c1-10-48-17-12-19-57-20-18-49(42(48)57)36-23-37(40(62-7)24-39(36)55(6)43(49)51(61,46(60)64-9)44(48)65-30(4)58)50(45(59)63-8)25-32-21-33(47(5,52)53)27-56(26-32)28-35-34-22-31(14-11-13-29(2)3)15-16-38(34)54-41(35)50/h12,15-17,22-24,29,32-33,42-44,54,61H,10,13,18-21,25-28H2,1-9H3/t32?,33?,42?,43?,44-,48-,49-,50+,51+/m1/s1. The molecule has 2 aromatic carbocycles. The van der Waals surface area contributed by atoms with Crippen molar-refractivity contribution in [1.29, 1.82) is 0 Å². The number of fused-ring (bicyclic) bond motifs is 6. The molecule has 6 aliphatic rings. The fraction of sp³-hybridized carbons (Fsp3) is 0.588. The summed E-state index contributed by atoms with van der Waals surface area (Å²) >= 11 is 0. The van der Waals surface area contributed by atoms with Gasteiger partial charge >= 0.3 is 17.9 Å². The highest BCUT2D eigenvalue weighted by Gasteiger charge is 2.80. The van der Waals surface area contributed by atoms with E-state index in [1.807, 2.05) is 61.4 Å². The van der Waals surface area contributed by atoms with E-state index in [2.05, 4.69) is 40.5 Å². The number of ether oxygens (including phenoxy) is 4. The molecule has 3 aromatic rings. The summed E-state index contributed by atoms with van der Waals surface area (Å²) in [5, 5.41) is 14.2. The zero-order valence-electron chi connectivity index (χ0n) is 39.0. The van der Waals surface area contributed by atoms with Crippen molar-refractivity contribution in [2.45, 2.75) is 114 Å². The Morgan fingerprint density at radius 1 is 1.05 bits per heavy atom. The first-order valence-electron chi connectivity index (χ1n) is 23.0. The van der Waals surface area contributed by atoms with Gasteiger partial charge in [-0.1, -0.05) is 44.8 Å². The van der Waals surface area contributed by atoms with E-state index in [0.717, 1.165) is 40.9 Å². The van der Waals surface area contributed by atoms with E-state index < -0.39 is 63.7 Å². The third-order valence-corrected chi connectivity index (χ3v) is 16.1. The van der Waals surface area contributed by atoms with Crippen LogP contribution in [0.25, 0.3) is 10.9 Å². The fourth-order valence-electron chi connectivity index (χ4n) is 13.7. The molecular formula is C51H62F2N4O8. The van der Waals surface area contributed by atoms with Crippen molar-refractivity contribution in [2.24, 2.45) is 23.2 Å². The van der Waals surface area contributed by atoms with E-state index in [1.165, 1.54) is 28.3 Å². The average molecular weight is 897 g/mol. The number of halogens is 2. The lowest BCUT2D eigenvalue weighted by Gasteiger charge is -2.63. The molecule has 10 atom stereocenters. The lowest BCUT2D eigenvalue weighted by Crippen LogP contribution is -2.81. The number of hydrogen-bond donors (Lipinski definition) is 2. The minimum atomic E-state index is -2.97. The van der Waals surface area contributed by atoms with Crippen molar-refractivity contribution in [3.05, 3.63) is 70.4 Å². The third kappa shape index (κ3) is 6.41. The number of nitrogens with one attached hydrogen (secondary N) is 1. The second kappa shape index (κ2) is 15.8. The van der Waals surface area contributed by atoms with Gasteiger partial charge < -0.3 is 33.9 Å². The number of carbonyl (C=O) groups excluding carboxylic acids is 3. The van der Waals surface area contributed by atoms with Crippen LogP contribution in [0.1, 0.15) is 94.7 Å². The average Bonchev–Trinajstić information content (AvgIpc) is 3.91. The largest absolute Gasteiger partial charge is 0.496 e. The fourth-order valence-corrected chi connectivity index (χ4v) is 13.7. The minimum absolute atomic E-state index is 0.128. The number of benzene rings is 2. The highest BCUT2D eigenvalue weighted by atomic mass is 19.3. The minimum Gasteiger partial charge on any atom is -0.496 e. The number of carbonyl (C=O) groups is 3. The van der Waals surface area contributed by atoms with Gasteiger partial charge in [-0.2, -0.15) is 0 Å². The summed E-state index contributed by atoms with van der Waals surface area (Å²) < 4.78 is 54.9. The van der Waals surface area contributed by atoms with Gasteiger partial charge in [0.1, 0.15) is 11.2 Å². The van der Waals surface area contributed by atoms with Crippen molar-refractivity contribution in [1.82, 2.24) is 14.8 Å². The topological polar surface area (TPSA) is 134 Å².